The number of ether oxygens (including phenoxy) is 3. The summed E-state index contributed by atoms with van der Waals surface area (Å²) in [6, 6.07) is 14.3. The van der Waals surface area contributed by atoms with Crippen LogP contribution in [0.5, 0.6) is 11.5 Å². The van der Waals surface area contributed by atoms with Crippen molar-refractivity contribution < 1.29 is 14.2 Å². The number of hydrogen-bond acceptors (Lipinski definition) is 4. The molecular formula is C22H31BrClNO3. The molecule has 0 spiro atoms. The van der Waals surface area contributed by atoms with Gasteiger partial charge in [-0.05, 0) is 72.9 Å². The van der Waals surface area contributed by atoms with Gasteiger partial charge in [0.1, 0.15) is 6.61 Å². The van der Waals surface area contributed by atoms with Crippen LogP contribution in [0.1, 0.15) is 38.3 Å². The second-order valence-electron chi connectivity index (χ2n) is 6.56. The van der Waals surface area contributed by atoms with Crippen molar-refractivity contribution in [2.45, 2.75) is 46.4 Å². The van der Waals surface area contributed by atoms with Gasteiger partial charge in [0.15, 0.2) is 11.5 Å². The van der Waals surface area contributed by atoms with Crippen LogP contribution in [-0.4, -0.2) is 25.9 Å². The van der Waals surface area contributed by atoms with Crippen LogP contribution in [0.15, 0.2) is 46.9 Å². The van der Waals surface area contributed by atoms with Gasteiger partial charge in [0.05, 0.1) is 17.2 Å². The van der Waals surface area contributed by atoms with Crippen LogP contribution in [0.4, 0.5) is 0 Å². The van der Waals surface area contributed by atoms with Crippen molar-refractivity contribution in [2.75, 3.05) is 19.8 Å². The standard InChI is InChI=1S/C22H30BrNO3.ClH/c1-4-25-21-14-19(15-24-11-8-12-26-17(2)3)13-20(23)22(21)27-16-18-9-6-5-7-10-18;/h5-7,9-10,13-14,17,24H,4,8,11-12,15-16H2,1-3H3;1H. The van der Waals surface area contributed by atoms with E-state index >= 15 is 0 Å². The molecule has 0 saturated heterocycles. The Morgan fingerprint density at radius 2 is 1.79 bits per heavy atom. The lowest BCUT2D eigenvalue weighted by molar-refractivity contribution is 0.0770. The number of rotatable bonds is 12. The van der Waals surface area contributed by atoms with Crippen LogP contribution in [0.3, 0.4) is 0 Å². The van der Waals surface area contributed by atoms with E-state index in [0.29, 0.717) is 13.2 Å². The van der Waals surface area contributed by atoms with Gasteiger partial charge in [-0.2, -0.15) is 0 Å². The van der Waals surface area contributed by atoms with E-state index in [1.165, 1.54) is 0 Å². The van der Waals surface area contributed by atoms with E-state index in [-0.39, 0.29) is 18.5 Å². The summed E-state index contributed by atoms with van der Waals surface area (Å²) in [6.45, 7) is 9.67. The monoisotopic (exact) mass is 471 g/mol. The zero-order valence-electron chi connectivity index (χ0n) is 16.9. The molecule has 0 unspecified atom stereocenters. The van der Waals surface area contributed by atoms with Crippen LogP contribution in [0, 0.1) is 0 Å². The minimum atomic E-state index is 0. The molecule has 2 aromatic rings. The zero-order chi connectivity index (χ0) is 19.5. The van der Waals surface area contributed by atoms with Gasteiger partial charge < -0.3 is 19.5 Å². The van der Waals surface area contributed by atoms with Gasteiger partial charge in [-0.1, -0.05) is 30.3 Å². The maximum absolute atomic E-state index is 6.03. The summed E-state index contributed by atoms with van der Waals surface area (Å²) in [4.78, 5) is 0. The Labute approximate surface area is 183 Å². The van der Waals surface area contributed by atoms with Crippen molar-refractivity contribution >= 4 is 28.3 Å². The van der Waals surface area contributed by atoms with E-state index < -0.39 is 0 Å². The van der Waals surface area contributed by atoms with Gasteiger partial charge >= 0.3 is 0 Å². The maximum Gasteiger partial charge on any atom is 0.175 e. The molecule has 0 bridgehead atoms. The predicted molar refractivity (Wildman–Crippen MR) is 121 cm³/mol. The molecule has 4 nitrogen and oxygen atoms in total. The summed E-state index contributed by atoms with van der Waals surface area (Å²) < 4.78 is 18.3. The number of halogens is 2. The fourth-order valence-corrected chi connectivity index (χ4v) is 3.21. The smallest absolute Gasteiger partial charge is 0.175 e. The normalized spacial score (nSPS) is 10.6. The van der Waals surface area contributed by atoms with Crippen LogP contribution in [-0.2, 0) is 17.9 Å². The number of nitrogens with one attached hydrogen (secondary N) is 1. The fourth-order valence-electron chi connectivity index (χ4n) is 2.61. The summed E-state index contributed by atoms with van der Waals surface area (Å²) in [5, 5.41) is 3.45. The minimum absolute atomic E-state index is 0. The molecular weight excluding hydrogens is 442 g/mol. The molecule has 0 aromatic heterocycles. The molecule has 2 rings (SSSR count). The van der Waals surface area contributed by atoms with Gasteiger partial charge in [-0.3, -0.25) is 0 Å². The predicted octanol–water partition coefficient (Wildman–Crippen LogP) is 5.75. The van der Waals surface area contributed by atoms with Gasteiger partial charge in [-0.15, -0.1) is 12.4 Å². The first-order chi connectivity index (χ1) is 13.1. The molecule has 0 fully saturated rings. The summed E-state index contributed by atoms with van der Waals surface area (Å²) >= 11 is 3.64. The lowest BCUT2D eigenvalue weighted by atomic mass is 10.2. The van der Waals surface area contributed by atoms with E-state index in [1.54, 1.807) is 0 Å². The van der Waals surface area contributed by atoms with Crippen molar-refractivity contribution in [3.63, 3.8) is 0 Å². The lowest BCUT2D eigenvalue weighted by Crippen LogP contribution is -2.17. The summed E-state index contributed by atoms with van der Waals surface area (Å²) in [5.74, 6) is 1.51. The Hall–Kier alpha value is -1.27. The Balaban J connectivity index is 0.00000392. The summed E-state index contributed by atoms with van der Waals surface area (Å²) in [5.41, 5.74) is 2.28. The Kier molecular flexibility index (Phi) is 12.2. The Bertz CT molecular complexity index is 683. The molecule has 6 heteroatoms. The molecule has 0 amide bonds. The van der Waals surface area contributed by atoms with E-state index in [9.17, 15) is 0 Å². The molecule has 0 aliphatic carbocycles. The molecule has 1 N–H and O–H groups in total. The first kappa shape index (κ1) is 24.8. The van der Waals surface area contributed by atoms with Crippen molar-refractivity contribution in [2.24, 2.45) is 0 Å². The molecule has 28 heavy (non-hydrogen) atoms. The molecule has 0 heterocycles. The van der Waals surface area contributed by atoms with Crippen LogP contribution in [0.25, 0.3) is 0 Å². The highest BCUT2D eigenvalue weighted by atomic mass is 79.9. The highest BCUT2D eigenvalue weighted by Crippen LogP contribution is 2.37. The molecule has 0 aliphatic heterocycles. The van der Waals surface area contributed by atoms with Gasteiger partial charge in [0, 0.05) is 13.2 Å². The van der Waals surface area contributed by atoms with Crippen molar-refractivity contribution in [1.82, 2.24) is 5.32 Å². The third-order valence-electron chi connectivity index (χ3n) is 3.87. The van der Waals surface area contributed by atoms with Crippen LogP contribution >= 0.6 is 28.3 Å². The molecule has 156 valence electrons. The highest BCUT2D eigenvalue weighted by Gasteiger charge is 2.12. The average molecular weight is 473 g/mol. The minimum Gasteiger partial charge on any atom is -0.490 e. The van der Waals surface area contributed by atoms with Crippen molar-refractivity contribution in [3.8, 4) is 11.5 Å². The largest absolute Gasteiger partial charge is 0.490 e. The second-order valence-corrected chi connectivity index (χ2v) is 7.42. The highest BCUT2D eigenvalue weighted by molar-refractivity contribution is 9.10. The first-order valence-electron chi connectivity index (χ1n) is 9.54. The van der Waals surface area contributed by atoms with Crippen molar-refractivity contribution in [3.05, 3.63) is 58.1 Å². The Morgan fingerprint density at radius 1 is 1.04 bits per heavy atom. The zero-order valence-corrected chi connectivity index (χ0v) is 19.3. The molecule has 0 aliphatic rings. The van der Waals surface area contributed by atoms with Crippen molar-refractivity contribution in [1.29, 1.82) is 0 Å². The molecule has 0 saturated carbocycles. The SMILES string of the molecule is CCOc1cc(CNCCCOC(C)C)cc(Br)c1OCc1ccccc1.Cl. The quantitative estimate of drug-likeness (QED) is 0.399. The van der Waals surface area contributed by atoms with E-state index in [1.807, 2.05) is 31.2 Å². The van der Waals surface area contributed by atoms with Gasteiger partial charge in [0.2, 0.25) is 0 Å². The Morgan fingerprint density at radius 3 is 2.46 bits per heavy atom. The lowest BCUT2D eigenvalue weighted by Gasteiger charge is -2.16. The van der Waals surface area contributed by atoms with Gasteiger partial charge in [-0.25, -0.2) is 0 Å². The maximum atomic E-state index is 6.03. The average Bonchev–Trinajstić information content (AvgIpc) is 2.65. The van der Waals surface area contributed by atoms with E-state index in [4.69, 9.17) is 14.2 Å². The number of benzene rings is 2. The topological polar surface area (TPSA) is 39.7 Å². The van der Waals surface area contributed by atoms with Crippen LogP contribution in [0.2, 0.25) is 0 Å². The molecule has 0 atom stereocenters. The third kappa shape index (κ3) is 8.82. The number of hydrogen-bond donors (Lipinski definition) is 1. The fraction of sp³-hybridized carbons (Fsp3) is 0.455. The van der Waals surface area contributed by atoms with E-state index in [2.05, 4.69) is 53.3 Å². The van der Waals surface area contributed by atoms with Gasteiger partial charge in [0.25, 0.3) is 0 Å². The van der Waals surface area contributed by atoms with E-state index in [0.717, 1.165) is 53.2 Å². The third-order valence-corrected chi connectivity index (χ3v) is 4.46. The molecule has 2 aromatic carbocycles. The first-order valence-corrected chi connectivity index (χ1v) is 10.3. The summed E-state index contributed by atoms with van der Waals surface area (Å²) in [7, 11) is 0. The summed E-state index contributed by atoms with van der Waals surface area (Å²) in [6.07, 6.45) is 1.29. The molecule has 0 radical (unpaired) electrons. The second kappa shape index (κ2) is 13.8. The van der Waals surface area contributed by atoms with Crippen LogP contribution < -0.4 is 14.8 Å².